The van der Waals surface area contributed by atoms with Crippen LogP contribution in [0.1, 0.15) is 19.8 Å². The Labute approximate surface area is 120 Å². The fraction of sp³-hybridized carbons (Fsp3) is 0.571. The normalized spacial score (nSPS) is 18.1. The van der Waals surface area contributed by atoms with E-state index in [1.165, 1.54) is 0 Å². The van der Waals surface area contributed by atoms with E-state index in [2.05, 4.69) is 0 Å². The highest BCUT2D eigenvalue weighted by Crippen LogP contribution is 2.25. The zero-order valence-corrected chi connectivity index (χ0v) is 12.6. The largest absolute Gasteiger partial charge is 0.494 e. The second-order valence-corrected chi connectivity index (χ2v) is 6.93. The van der Waals surface area contributed by atoms with Gasteiger partial charge in [-0.05, 0) is 44.4 Å². The van der Waals surface area contributed by atoms with Crippen molar-refractivity contribution < 1.29 is 13.2 Å². The van der Waals surface area contributed by atoms with Crippen LogP contribution in [0, 0.1) is 5.92 Å². The van der Waals surface area contributed by atoms with Crippen LogP contribution < -0.4 is 10.5 Å². The van der Waals surface area contributed by atoms with E-state index in [9.17, 15) is 8.42 Å². The number of ether oxygens (including phenoxy) is 1. The quantitative estimate of drug-likeness (QED) is 0.893. The molecule has 0 aliphatic carbocycles. The fourth-order valence-electron chi connectivity index (χ4n) is 2.43. The molecule has 0 bridgehead atoms. The van der Waals surface area contributed by atoms with E-state index < -0.39 is 10.0 Å². The number of nitrogens with zero attached hydrogens (tertiary/aromatic N) is 1. The zero-order valence-electron chi connectivity index (χ0n) is 11.8. The summed E-state index contributed by atoms with van der Waals surface area (Å²) in [4.78, 5) is 0.301. The number of rotatable bonds is 5. The lowest BCUT2D eigenvalue weighted by Gasteiger charge is -2.30. The van der Waals surface area contributed by atoms with Gasteiger partial charge in [-0.3, -0.25) is 0 Å². The number of sulfonamides is 1. The topological polar surface area (TPSA) is 72.6 Å². The Balaban J connectivity index is 2.16. The van der Waals surface area contributed by atoms with Crippen molar-refractivity contribution in [3.63, 3.8) is 0 Å². The molecule has 5 nitrogen and oxygen atoms in total. The predicted octanol–water partition coefficient (Wildman–Crippen LogP) is 1.44. The van der Waals surface area contributed by atoms with E-state index in [4.69, 9.17) is 10.5 Å². The molecule has 20 heavy (non-hydrogen) atoms. The van der Waals surface area contributed by atoms with Crippen LogP contribution in [0.15, 0.2) is 29.2 Å². The summed E-state index contributed by atoms with van der Waals surface area (Å²) in [7, 11) is -3.42. The smallest absolute Gasteiger partial charge is 0.243 e. The summed E-state index contributed by atoms with van der Waals surface area (Å²) in [5, 5.41) is 0. The van der Waals surface area contributed by atoms with E-state index in [-0.39, 0.29) is 0 Å². The van der Waals surface area contributed by atoms with Gasteiger partial charge < -0.3 is 10.5 Å². The van der Waals surface area contributed by atoms with Crippen molar-refractivity contribution in [1.29, 1.82) is 0 Å². The molecule has 1 heterocycles. The minimum atomic E-state index is -3.42. The summed E-state index contributed by atoms with van der Waals surface area (Å²) < 4.78 is 32.1. The molecule has 0 aromatic heterocycles. The van der Waals surface area contributed by atoms with Crippen molar-refractivity contribution in [3.8, 4) is 5.75 Å². The summed E-state index contributed by atoms with van der Waals surface area (Å²) >= 11 is 0. The lowest BCUT2D eigenvalue weighted by molar-refractivity contribution is 0.278. The highest BCUT2D eigenvalue weighted by molar-refractivity contribution is 7.89. The molecule has 1 fully saturated rings. The Kier molecular flexibility index (Phi) is 5.01. The number of nitrogens with two attached hydrogens (primary N) is 1. The molecule has 2 rings (SSSR count). The van der Waals surface area contributed by atoms with E-state index in [0.717, 1.165) is 12.8 Å². The number of hydrogen-bond donors (Lipinski definition) is 1. The summed E-state index contributed by atoms with van der Waals surface area (Å²) in [6.07, 6.45) is 1.67. The van der Waals surface area contributed by atoms with E-state index in [1.54, 1.807) is 28.6 Å². The Hall–Kier alpha value is -1.11. The molecule has 6 heteroatoms. The molecular weight excluding hydrogens is 276 g/mol. The van der Waals surface area contributed by atoms with Crippen LogP contribution in [-0.4, -0.2) is 39.0 Å². The highest BCUT2D eigenvalue weighted by Gasteiger charge is 2.29. The van der Waals surface area contributed by atoms with Gasteiger partial charge in [-0.15, -0.1) is 0 Å². The fourth-order valence-corrected chi connectivity index (χ4v) is 3.93. The maximum Gasteiger partial charge on any atom is 0.243 e. The van der Waals surface area contributed by atoms with Crippen LogP contribution in [0.5, 0.6) is 5.75 Å². The highest BCUT2D eigenvalue weighted by atomic mass is 32.2. The van der Waals surface area contributed by atoms with Gasteiger partial charge in [0.25, 0.3) is 0 Å². The monoisotopic (exact) mass is 298 g/mol. The lowest BCUT2D eigenvalue weighted by Crippen LogP contribution is -2.40. The molecule has 1 aliphatic rings. The van der Waals surface area contributed by atoms with Crippen LogP contribution in [0.2, 0.25) is 0 Å². The molecule has 0 saturated carbocycles. The number of hydrogen-bond acceptors (Lipinski definition) is 4. The first-order valence-electron chi connectivity index (χ1n) is 7.01. The molecule has 0 spiro atoms. The van der Waals surface area contributed by atoms with E-state index in [0.29, 0.717) is 42.8 Å². The van der Waals surface area contributed by atoms with Gasteiger partial charge in [-0.25, -0.2) is 8.42 Å². The molecular formula is C14H22N2O3S. The van der Waals surface area contributed by atoms with Gasteiger partial charge >= 0.3 is 0 Å². The summed E-state index contributed by atoms with van der Waals surface area (Å²) in [5.41, 5.74) is 5.64. The van der Waals surface area contributed by atoms with Gasteiger partial charge in [-0.2, -0.15) is 4.31 Å². The molecule has 1 aliphatic heterocycles. The third-order valence-corrected chi connectivity index (χ3v) is 5.56. The molecule has 1 aromatic rings. The average molecular weight is 298 g/mol. The molecule has 0 atom stereocenters. The molecule has 0 amide bonds. The minimum Gasteiger partial charge on any atom is -0.494 e. The molecule has 2 N–H and O–H groups in total. The third-order valence-electron chi connectivity index (χ3n) is 3.66. The molecule has 1 saturated heterocycles. The van der Waals surface area contributed by atoms with Crippen molar-refractivity contribution in [2.24, 2.45) is 11.7 Å². The number of benzene rings is 1. The van der Waals surface area contributed by atoms with Crippen LogP contribution in [-0.2, 0) is 10.0 Å². The molecule has 0 radical (unpaired) electrons. The van der Waals surface area contributed by atoms with Gasteiger partial charge in [0.05, 0.1) is 11.5 Å². The summed E-state index contributed by atoms with van der Waals surface area (Å²) in [5.74, 6) is 1.03. The van der Waals surface area contributed by atoms with Crippen molar-refractivity contribution in [2.45, 2.75) is 24.7 Å². The Morgan fingerprint density at radius 2 is 2.05 bits per heavy atom. The van der Waals surface area contributed by atoms with Crippen molar-refractivity contribution >= 4 is 10.0 Å². The first-order valence-corrected chi connectivity index (χ1v) is 8.45. The van der Waals surface area contributed by atoms with Crippen molar-refractivity contribution in [1.82, 2.24) is 4.31 Å². The van der Waals surface area contributed by atoms with Crippen molar-refractivity contribution in [3.05, 3.63) is 24.3 Å². The zero-order chi connectivity index (χ0) is 14.6. The maximum atomic E-state index is 12.6. The van der Waals surface area contributed by atoms with Gasteiger partial charge in [0.15, 0.2) is 0 Å². The van der Waals surface area contributed by atoms with Crippen LogP contribution in [0.25, 0.3) is 0 Å². The first-order chi connectivity index (χ1) is 9.57. The standard InChI is InChI=1S/C14H22N2O3S/c1-2-19-13-4-3-5-14(10-13)20(17,18)16-8-6-12(11-15)7-9-16/h3-5,10,12H,2,6-9,11,15H2,1H3. The lowest BCUT2D eigenvalue weighted by atomic mass is 9.99. The van der Waals surface area contributed by atoms with Gasteiger partial charge in [0.2, 0.25) is 10.0 Å². The van der Waals surface area contributed by atoms with E-state index >= 15 is 0 Å². The van der Waals surface area contributed by atoms with Gasteiger partial charge in [-0.1, -0.05) is 6.07 Å². The van der Waals surface area contributed by atoms with Gasteiger partial charge in [0, 0.05) is 19.2 Å². The predicted molar refractivity (Wildman–Crippen MR) is 78.1 cm³/mol. The summed E-state index contributed by atoms with van der Waals surface area (Å²) in [6, 6.07) is 6.69. The third kappa shape index (κ3) is 3.31. The minimum absolute atomic E-state index is 0.301. The maximum absolute atomic E-state index is 12.6. The Bertz CT molecular complexity index is 537. The van der Waals surface area contributed by atoms with Gasteiger partial charge in [0.1, 0.15) is 5.75 Å². The van der Waals surface area contributed by atoms with E-state index in [1.807, 2.05) is 6.92 Å². The average Bonchev–Trinajstić information content (AvgIpc) is 2.48. The molecule has 112 valence electrons. The van der Waals surface area contributed by atoms with Crippen LogP contribution in [0.4, 0.5) is 0 Å². The number of piperidine rings is 1. The van der Waals surface area contributed by atoms with Crippen molar-refractivity contribution in [2.75, 3.05) is 26.2 Å². The molecule has 0 unspecified atom stereocenters. The summed E-state index contributed by atoms with van der Waals surface area (Å²) in [6.45, 7) is 4.12. The second kappa shape index (κ2) is 6.56. The second-order valence-electron chi connectivity index (χ2n) is 4.99. The Morgan fingerprint density at radius 1 is 1.35 bits per heavy atom. The van der Waals surface area contributed by atoms with Crippen LogP contribution in [0.3, 0.4) is 0 Å². The molecule has 1 aromatic carbocycles. The first kappa shape index (κ1) is 15.3. The Morgan fingerprint density at radius 3 is 2.65 bits per heavy atom. The van der Waals surface area contributed by atoms with Crippen LogP contribution >= 0.6 is 0 Å². The SMILES string of the molecule is CCOc1cccc(S(=O)(=O)N2CCC(CN)CC2)c1.